The SMILES string of the molecule is NC(CC(Cl)CS(=O)c1ccc([N+](=O)[O-])cc1)C(=O)O. The highest BCUT2D eigenvalue weighted by Crippen LogP contribution is 2.17. The number of carbonyl (C=O) groups is 1. The number of alkyl halides is 1. The van der Waals surface area contributed by atoms with E-state index in [4.69, 9.17) is 22.4 Å². The van der Waals surface area contributed by atoms with E-state index in [2.05, 4.69) is 0 Å². The molecule has 0 saturated carbocycles. The number of halogens is 1. The fraction of sp³-hybridized carbons (Fsp3) is 0.364. The Morgan fingerprint density at radius 3 is 2.45 bits per heavy atom. The minimum atomic E-state index is -1.47. The van der Waals surface area contributed by atoms with E-state index in [0.29, 0.717) is 4.90 Å². The summed E-state index contributed by atoms with van der Waals surface area (Å²) in [4.78, 5) is 20.9. The van der Waals surface area contributed by atoms with Gasteiger partial charge in [-0.3, -0.25) is 19.1 Å². The largest absolute Gasteiger partial charge is 0.480 e. The van der Waals surface area contributed by atoms with Crippen molar-refractivity contribution in [1.82, 2.24) is 0 Å². The van der Waals surface area contributed by atoms with Crippen LogP contribution in [0.15, 0.2) is 29.2 Å². The first kappa shape index (κ1) is 16.5. The molecular formula is C11H13ClN2O5S. The topological polar surface area (TPSA) is 124 Å². The van der Waals surface area contributed by atoms with Crippen LogP contribution in [0.5, 0.6) is 0 Å². The standard InChI is InChI=1S/C11H13ClN2O5S/c12-7(5-10(13)11(15)16)6-20(19)9-3-1-8(2-4-9)14(17)18/h1-4,7,10H,5-6,13H2,(H,15,16). The lowest BCUT2D eigenvalue weighted by Crippen LogP contribution is -2.34. The molecule has 0 aromatic heterocycles. The molecule has 0 heterocycles. The van der Waals surface area contributed by atoms with Crippen LogP contribution in [0.4, 0.5) is 5.69 Å². The zero-order valence-corrected chi connectivity index (χ0v) is 11.8. The zero-order chi connectivity index (χ0) is 15.3. The van der Waals surface area contributed by atoms with E-state index < -0.39 is 33.1 Å². The highest BCUT2D eigenvalue weighted by molar-refractivity contribution is 7.85. The number of hydrogen-bond acceptors (Lipinski definition) is 5. The second-order valence-electron chi connectivity index (χ2n) is 4.04. The van der Waals surface area contributed by atoms with Crippen LogP contribution in [0.3, 0.4) is 0 Å². The molecule has 0 aliphatic rings. The molecule has 3 unspecified atom stereocenters. The summed E-state index contributed by atoms with van der Waals surface area (Å²) >= 11 is 5.90. The third-order valence-electron chi connectivity index (χ3n) is 2.47. The Labute approximate surface area is 122 Å². The summed E-state index contributed by atoms with van der Waals surface area (Å²) in [5.41, 5.74) is 5.23. The normalized spacial score (nSPS) is 15.3. The molecule has 0 amide bonds. The second-order valence-corrected chi connectivity index (χ2v) is 6.15. The smallest absolute Gasteiger partial charge is 0.320 e. The molecule has 0 aliphatic carbocycles. The molecule has 1 rings (SSSR count). The van der Waals surface area contributed by atoms with Gasteiger partial charge in [-0.2, -0.15) is 0 Å². The van der Waals surface area contributed by atoms with Crippen LogP contribution in [0, 0.1) is 10.1 Å². The van der Waals surface area contributed by atoms with Crippen LogP contribution in [0.2, 0.25) is 0 Å². The van der Waals surface area contributed by atoms with E-state index in [-0.39, 0.29) is 17.9 Å². The van der Waals surface area contributed by atoms with Crippen LogP contribution in [-0.2, 0) is 15.6 Å². The van der Waals surface area contributed by atoms with Crippen molar-refractivity contribution in [3.63, 3.8) is 0 Å². The number of aliphatic carboxylic acids is 1. The quantitative estimate of drug-likeness (QED) is 0.440. The minimum Gasteiger partial charge on any atom is -0.480 e. The molecule has 1 aromatic carbocycles. The molecule has 110 valence electrons. The van der Waals surface area contributed by atoms with E-state index in [1.165, 1.54) is 24.3 Å². The van der Waals surface area contributed by atoms with E-state index in [9.17, 15) is 19.1 Å². The summed E-state index contributed by atoms with van der Waals surface area (Å²) in [6, 6.07) is 4.16. The molecule has 3 atom stereocenters. The van der Waals surface area contributed by atoms with Gasteiger partial charge in [0, 0.05) is 28.2 Å². The van der Waals surface area contributed by atoms with Gasteiger partial charge in [0.15, 0.2) is 0 Å². The lowest BCUT2D eigenvalue weighted by atomic mass is 10.2. The number of carboxylic acids is 1. The van der Waals surface area contributed by atoms with Crippen LogP contribution in [0.1, 0.15) is 6.42 Å². The van der Waals surface area contributed by atoms with Gasteiger partial charge in [-0.05, 0) is 18.6 Å². The van der Waals surface area contributed by atoms with Gasteiger partial charge >= 0.3 is 5.97 Å². The number of hydrogen-bond donors (Lipinski definition) is 2. The minimum absolute atomic E-state index is 0.00435. The first-order chi connectivity index (χ1) is 9.31. The number of benzene rings is 1. The van der Waals surface area contributed by atoms with Crippen molar-refractivity contribution in [2.75, 3.05) is 5.75 Å². The van der Waals surface area contributed by atoms with E-state index in [1.807, 2.05) is 0 Å². The third kappa shape index (κ3) is 4.87. The number of carboxylic acid groups (broad SMARTS) is 1. The van der Waals surface area contributed by atoms with Crippen molar-refractivity contribution in [2.45, 2.75) is 22.7 Å². The fourth-order valence-corrected chi connectivity index (χ4v) is 3.06. The Hall–Kier alpha value is -1.51. The number of nitrogens with zero attached hydrogens (tertiary/aromatic N) is 1. The van der Waals surface area contributed by atoms with Crippen LogP contribution in [-0.4, -0.2) is 37.4 Å². The highest BCUT2D eigenvalue weighted by Gasteiger charge is 2.19. The second kappa shape index (κ2) is 7.32. The first-order valence-electron chi connectivity index (χ1n) is 5.56. The van der Waals surface area contributed by atoms with Gasteiger partial charge < -0.3 is 10.8 Å². The Bertz CT molecular complexity index is 522. The maximum Gasteiger partial charge on any atom is 0.320 e. The van der Waals surface area contributed by atoms with Gasteiger partial charge in [-0.1, -0.05) is 0 Å². The number of nitrogens with two attached hydrogens (primary N) is 1. The summed E-state index contributed by atoms with van der Waals surface area (Å²) in [5.74, 6) is -1.14. The number of nitro benzene ring substituents is 1. The summed E-state index contributed by atoms with van der Waals surface area (Å²) in [6.07, 6.45) is -0.00435. The molecule has 0 spiro atoms. The third-order valence-corrected chi connectivity index (χ3v) is 4.49. The van der Waals surface area contributed by atoms with Gasteiger partial charge in [0.05, 0.1) is 15.7 Å². The molecule has 1 aromatic rings. The predicted octanol–water partition coefficient (Wildman–Crippen LogP) is 1.11. The van der Waals surface area contributed by atoms with E-state index in [0.717, 1.165) is 0 Å². The average molecular weight is 321 g/mol. The Morgan fingerprint density at radius 1 is 1.45 bits per heavy atom. The molecule has 0 fully saturated rings. The molecule has 20 heavy (non-hydrogen) atoms. The maximum atomic E-state index is 12.0. The number of nitro groups is 1. The molecule has 9 heteroatoms. The van der Waals surface area contributed by atoms with Gasteiger partial charge in [0.25, 0.3) is 5.69 Å². The van der Waals surface area contributed by atoms with Crippen LogP contribution >= 0.6 is 11.6 Å². The van der Waals surface area contributed by atoms with Gasteiger partial charge in [-0.25, -0.2) is 0 Å². The number of rotatable bonds is 7. The molecule has 0 radical (unpaired) electrons. The number of non-ortho nitro benzene ring substituents is 1. The van der Waals surface area contributed by atoms with Crippen LogP contribution in [0.25, 0.3) is 0 Å². The van der Waals surface area contributed by atoms with Crippen molar-refractivity contribution < 1.29 is 19.0 Å². The highest BCUT2D eigenvalue weighted by atomic mass is 35.5. The van der Waals surface area contributed by atoms with Gasteiger partial charge in [0.2, 0.25) is 0 Å². The Morgan fingerprint density at radius 2 is 2.00 bits per heavy atom. The maximum absolute atomic E-state index is 12.0. The summed E-state index contributed by atoms with van der Waals surface area (Å²) in [5, 5.41) is 18.5. The molecule has 0 bridgehead atoms. The van der Waals surface area contributed by atoms with Crippen molar-refractivity contribution in [1.29, 1.82) is 0 Å². The predicted molar refractivity (Wildman–Crippen MR) is 74.2 cm³/mol. The molecule has 7 nitrogen and oxygen atoms in total. The summed E-state index contributed by atoms with van der Waals surface area (Å²) < 4.78 is 12.0. The Balaban J connectivity index is 2.62. The molecule has 3 N–H and O–H groups in total. The van der Waals surface area contributed by atoms with Crippen molar-refractivity contribution in [3.05, 3.63) is 34.4 Å². The monoisotopic (exact) mass is 320 g/mol. The van der Waals surface area contributed by atoms with E-state index in [1.54, 1.807) is 0 Å². The average Bonchev–Trinajstić information content (AvgIpc) is 2.38. The molecular weight excluding hydrogens is 308 g/mol. The van der Waals surface area contributed by atoms with Crippen LogP contribution < -0.4 is 5.73 Å². The first-order valence-corrected chi connectivity index (χ1v) is 7.32. The van der Waals surface area contributed by atoms with E-state index >= 15 is 0 Å². The lowest BCUT2D eigenvalue weighted by Gasteiger charge is -2.12. The summed E-state index contributed by atoms with van der Waals surface area (Å²) in [6.45, 7) is 0. The van der Waals surface area contributed by atoms with Crippen molar-refractivity contribution >= 4 is 34.1 Å². The van der Waals surface area contributed by atoms with Gasteiger partial charge in [0.1, 0.15) is 6.04 Å². The zero-order valence-electron chi connectivity index (χ0n) is 10.3. The fourth-order valence-electron chi connectivity index (χ4n) is 1.42. The van der Waals surface area contributed by atoms with Gasteiger partial charge in [-0.15, -0.1) is 11.6 Å². The van der Waals surface area contributed by atoms with Crippen molar-refractivity contribution in [2.24, 2.45) is 5.73 Å². The summed E-state index contributed by atoms with van der Waals surface area (Å²) in [7, 11) is -1.47. The Kier molecular flexibility index (Phi) is 6.05. The van der Waals surface area contributed by atoms with Crippen molar-refractivity contribution in [3.8, 4) is 0 Å². The lowest BCUT2D eigenvalue weighted by molar-refractivity contribution is -0.384. The molecule has 0 saturated heterocycles. The molecule has 0 aliphatic heterocycles.